The molecule has 0 spiro atoms. The highest BCUT2D eigenvalue weighted by atomic mass is 32.2. The van der Waals surface area contributed by atoms with E-state index in [1.165, 1.54) is 4.31 Å². The van der Waals surface area contributed by atoms with Crippen molar-refractivity contribution in [1.29, 1.82) is 0 Å². The van der Waals surface area contributed by atoms with Crippen LogP contribution in [-0.4, -0.2) is 61.6 Å². The summed E-state index contributed by atoms with van der Waals surface area (Å²) in [6.07, 6.45) is 0. The van der Waals surface area contributed by atoms with Gasteiger partial charge in [-0.2, -0.15) is 4.31 Å². The first-order valence-electron chi connectivity index (χ1n) is 8.13. The molecule has 1 aromatic carbocycles. The minimum atomic E-state index is -3.48. The van der Waals surface area contributed by atoms with Crippen LogP contribution >= 0.6 is 12.2 Å². The third-order valence-corrected chi connectivity index (χ3v) is 6.00. The predicted molar refractivity (Wildman–Crippen MR) is 98.8 cm³/mol. The Morgan fingerprint density at radius 3 is 2.29 bits per heavy atom. The molecule has 24 heavy (non-hydrogen) atoms. The number of rotatable bonds is 5. The summed E-state index contributed by atoms with van der Waals surface area (Å²) in [5.74, 6) is 0.673. The molecular weight excluding hydrogens is 346 g/mol. The molecule has 0 amide bonds. The number of piperazine rings is 1. The molecule has 0 bridgehead atoms. The van der Waals surface area contributed by atoms with Gasteiger partial charge in [-0.1, -0.05) is 0 Å². The highest BCUT2D eigenvalue weighted by Gasteiger charge is 2.29. The molecule has 1 aliphatic rings. The van der Waals surface area contributed by atoms with E-state index >= 15 is 0 Å². The Balaban J connectivity index is 2.00. The average molecular weight is 372 g/mol. The van der Waals surface area contributed by atoms with E-state index in [1.807, 2.05) is 25.7 Å². The third-order valence-electron chi connectivity index (χ3n) is 3.71. The Morgan fingerprint density at radius 1 is 1.21 bits per heavy atom. The highest BCUT2D eigenvalue weighted by Crippen LogP contribution is 2.21. The number of sulfonamides is 1. The minimum absolute atomic E-state index is 0.267. The molecule has 1 heterocycles. The SMILES string of the molecule is CCOc1ccc(S(=O)(=O)N2CCN(C(=S)NC(C)C)CC2)cc1. The van der Waals surface area contributed by atoms with E-state index in [1.54, 1.807) is 24.3 Å². The fourth-order valence-corrected chi connectivity index (χ4v) is 4.33. The minimum Gasteiger partial charge on any atom is -0.494 e. The van der Waals surface area contributed by atoms with Crippen LogP contribution in [0.5, 0.6) is 5.75 Å². The van der Waals surface area contributed by atoms with Crippen LogP contribution < -0.4 is 10.1 Å². The molecule has 0 unspecified atom stereocenters. The number of nitrogens with zero attached hydrogens (tertiary/aromatic N) is 2. The van der Waals surface area contributed by atoms with Crippen molar-refractivity contribution in [3.8, 4) is 5.75 Å². The maximum atomic E-state index is 12.7. The van der Waals surface area contributed by atoms with Crippen LogP contribution in [0.25, 0.3) is 0 Å². The topological polar surface area (TPSA) is 61.9 Å². The van der Waals surface area contributed by atoms with Crippen LogP contribution in [0.1, 0.15) is 20.8 Å². The van der Waals surface area contributed by atoms with E-state index in [-0.39, 0.29) is 6.04 Å². The first kappa shape index (κ1) is 19.0. The van der Waals surface area contributed by atoms with Gasteiger partial charge in [0, 0.05) is 32.2 Å². The maximum Gasteiger partial charge on any atom is 0.243 e. The van der Waals surface area contributed by atoms with Gasteiger partial charge in [-0.25, -0.2) is 8.42 Å². The van der Waals surface area contributed by atoms with E-state index in [9.17, 15) is 8.42 Å². The van der Waals surface area contributed by atoms with Gasteiger partial charge in [0.25, 0.3) is 0 Å². The maximum absolute atomic E-state index is 12.7. The average Bonchev–Trinajstić information content (AvgIpc) is 2.55. The zero-order chi connectivity index (χ0) is 17.7. The molecule has 1 N–H and O–H groups in total. The summed E-state index contributed by atoms with van der Waals surface area (Å²) in [4.78, 5) is 2.31. The number of thiocarbonyl (C=S) groups is 1. The lowest BCUT2D eigenvalue weighted by Crippen LogP contribution is -2.53. The largest absolute Gasteiger partial charge is 0.494 e. The van der Waals surface area contributed by atoms with Gasteiger partial charge in [0.15, 0.2) is 5.11 Å². The number of ether oxygens (including phenoxy) is 1. The first-order chi connectivity index (χ1) is 11.3. The van der Waals surface area contributed by atoms with Gasteiger partial charge in [0.05, 0.1) is 11.5 Å². The Bertz CT molecular complexity index is 652. The molecule has 6 nitrogen and oxygen atoms in total. The Hall–Kier alpha value is -1.38. The molecule has 0 aromatic heterocycles. The van der Waals surface area contributed by atoms with E-state index in [0.717, 1.165) is 0 Å². The van der Waals surface area contributed by atoms with Gasteiger partial charge < -0.3 is 15.0 Å². The Morgan fingerprint density at radius 2 is 1.79 bits per heavy atom. The summed E-state index contributed by atoms with van der Waals surface area (Å²) in [7, 11) is -3.48. The molecule has 0 aliphatic carbocycles. The summed E-state index contributed by atoms with van der Waals surface area (Å²) in [5, 5.41) is 3.87. The predicted octanol–water partition coefficient (Wildman–Crippen LogP) is 1.67. The van der Waals surface area contributed by atoms with Crippen molar-refractivity contribution in [2.24, 2.45) is 0 Å². The van der Waals surface area contributed by atoms with Crippen LogP contribution in [0.15, 0.2) is 29.2 Å². The first-order valence-corrected chi connectivity index (χ1v) is 9.98. The summed E-state index contributed by atoms with van der Waals surface area (Å²) in [6.45, 7) is 8.54. The molecule has 1 saturated heterocycles. The van der Waals surface area contributed by atoms with Gasteiger partial charge in [0.1, 0.15) is 5.75 Å². The lowest BCUT2D eigenvalue weighted by molar-refractivity contribution is 0.263. The third kappa shape index (κ3) is 4.58. The second kappa shape index (κ2) is 8.13. The highest BCUT2D eigenvalue weighted by molar-refractivity contribution is 7.89. The summed E-state index contributed by atoms with van der Waals surface area (Å²) >= 11 is 5.35. The second-order valence-corrected chi connectivity index (χ2v) is 8.22. The number of hydrogen-bond donors (Lipinski definition) is 1. The van der Waals surface area contributed by atoms with Crippen molar-refractivity contribution in [3.63, 3.8) is 0 Å². The van der Waals surface area contributed by atoms with E-state index in [2.05, 4.69) is 5.32 Å². The molecular formula is C16H25N3O3S2. The summed E-state index contributed by atoms with van der Waals surface area (Å²) in [6, 6.07) is 6.83. The molecule has 0 atom stereocenters. The van der Waals surface area contributed by atoms with E-state index in [0.29, 0.717) is 48.5 Å². The zero-order valence-electron chi connectivity index (χ0n) is 14.4. The second-order valence-electron chi connectivity index (χ2n) is 5.90. The Kier molecular flexibility index (Phi) is 6.42. The van der Waals surface area contributed by atoms with Crippen LogP contribution in [-0.2, 0) is 10.0 Å². The molecule has 0 saturated carbocycles. The van der Waals surface area contributed by atoms with Gasteiger partial charge in [-0.05, 0) is 57.3 Å². The van der Waals surface area contributed by atoms with Crippen molar-refractivity contribution in [3.05, 3.63) is 24.3 Å². The normalized spacial score (nSPS) is 16.2. The van der Waals surface area contributed by atoms with Crippen molar-refractivity contribution >= 4 is 27.4 Å². The lowest BCUT2D eigenvalue weighted by Gasteiger charge is -2.36. The quantitative estimate of drug-likeness (QED) is 0.795. The van der Waals surface area contributed by atoms with Gasteiger partial charge in [-0.15, -0.1) is 0 Å². The zero-order valence-corrected chi connectivity index (χ0v) is 16.0. The molecule has 134 valence electrons. The summed E-state index contributed by atoms with van der Waals surface area (Å²) < 4.78 is 32.3. The van der Waals surface area contributed by atoms with Crippen molar-refractivity contribution in [1.82, 2.24) is 14.5 Å². The standard InChI is InChI=1S/C16H25N3O3S2/c1-4-22-14-5-7-15(8-6-14)24(20,21)19-11-9-18(10-12-19)16(23)17-13(2)3/h5-8,13H,4,9-12H2,1-3H3,(H,17,23). The monoisotopic (exact) mass is 371 g/mol. The van der Waals surface area contributed by atoms with Crippen molar-refractivity contribution < 1.29 is 13.2 Å². The lowest BCUT2D eigenvalue weighted by atomic mass is 10.3. The molecule has 1 aromatic rings. The molecule has 0 radical (unpaired) electrons. The van der Waals surface area contributed by atoms with Crippen molar-refractivity contribution in [2.45, 2.75) is 31.7 Å². The fourth-order valence-electron chi connectivity index (χ4n) is 2.49. The number of hydrogen-bond acceptors (Lipinski definition) is 4. The van der Waals surface area contributed by atoms with Crippen LogP contribution in [0, 0.1) is 0 Å². The van der Waals surface area contributed by atoms with Crippen LogP contribution in [0.4, 0.5) is 0 Å². The van der Waals surface area contributed by atoms with Crippen molar-refractivity contribution in [2.75, 3.05) is 32.8 Å². The Labute approximate surface area is 149 Å². The van der Waals surface area contributed by atoms with Crippen LogP contribution in [0.2, 0.25) is 0 Å². The van der Waals surface area contributed by atoms with Crippen LogP contribution in [0.3, 0.4) is 0 Å². The molecule has 1 aliphatic heterocycles. The van der Waals surface area contributed by atoms with Gasteiger partial charge >= 0.3 is 0 Å². The van der Waals surface area contributed by atoms with Gasteiger partial charge in [0.2, 0.25) is 10.0 Å². The number of nitrogens with one attached hydrogen (secondary N) is 1. The number of benzene rings is 1. The summed E-state index contributed by atoms with van der Waals surface area (Å²) in [5.41, 5.74) is 0. The van der Waals surface area contributed by atoms with E-state index in [4.69, 9.17) is 17.0 Å². The van der Waals surface area contributed by atoms with E-state index < -0.39 is 10.0 Å². The molecule has 1 fully saturated rings. The smallest absolute Gasteiger partial charge is 0.243 e. The molecule has 2 rings (SSSR count). The fraction of sp³-hybridized carbons (Fsp3) is 0.562. The van der Waals surface area contributed by atoms with Gasteiger partial charge in [-0.3, -0.25) is 0 Å². The molecule has 8 heteroatoms.